The highest BCUT2D eigenvalue weighted by atomic mass is 16.7. The molecule has 2 aliphatic rings. The maximum absolute atomic E-state index is 14.0. The molecule has 1 aromatic heterocycles. The summed E-state index contributed by atoms with van der Waals surface area (Å²) in [5.74, 6) is 1.80. The summed E-state index contributed by atoms with van der Waals surface area (Å²) in [5.41, 5.74) is 8.38. The van der Waals surface area contributed by atoms with Crippen molar-refractivity contribution in [2.24, 2.45) is 5.73 Å². The summed E-state index contributed by atoms with van der Waals surface area (Å²) in [4.78, 5) is 14.0. The number of allylic oxidation sites excluding steroid dienone is 1. The molecule has 0 fully saturated rings. The van der Waals surface area contributed by atoms with E-state index in [4.69, 9.17) is 29.4 Å². The summed E-state index contributed by atoms with van der Waals surface area (Å²) >= 11 is 0. The zero-order valence-corrected chi connectivity index (χ0v) is 19.5. The lowest BCUT2D eigenvalue weighted by atomic mass is 9.83. The van der Waals surface area contributed by atoms with Crippen molar-refractivity contribution in [3.8, 4) is 34.8 Å². The Morgan fingerprint density at radius 2 is 1.89 bits per heavy atom. The second kappa shape index (κ2) is 8.65. The summed E-state index contributed by atoms with van der Waals surface area (Å²) in [6.07, 6.45) is 0. The van der Waals surface area contributed by atoms with Crippen molar-refractivity contribution >= 4 is 0 Å². The van der Waals surface area contributed by atoms with E-state index >= 15 is 0 Å². The highest BCUT2D eigenvalue weighted by Gasteiger charge is 2.36. The van der Waals surface area contributed by atoms with Gasteiger partial charge in [0.2, 0.25) is 12.7 Å². The molecule has 3 aromatic rings. The molecule has 9 nitrogen and oxygen atoms in total. The van der Waals surface area contributed by atoms with Gasteiger partial charge in [0.05, 0.1) is 32.2 Å². The van der Waals surface area contributed by atoms with Crippen molar-refractivity contribution in [3.05, 3.63) is 86.7 Å². The van der Waals surface area contributed by atoms with Gasteiger partial charge in [-0.05, 0) is 42.8 Å². The predicted molar refractivity (Wildman–Crippen MR) is 126 cm³/mol. The van der Waals surface area contributed by atoms with E-state index in [2.05, 4.69) is 6.07 Å². The molecule has 178 valence electrons. The predicted octanol–water partition coefficient (Wildman–Crippen LogP) is 3.17. The van der Waals surface area contributed by atoms with Gasteiger partial charge in [-0.15, -0.1) is 0 Å². The number of hydrogen-bond acceptors (Lipinski definition) is 8. The number of nitrogens with zero attached hydrogens (tertiary/aromatic N) is 2. The fraction of sp³-hybridized carbons (Fsp3) is 0.231. The minimum atomic E-state index is -0.801. The van der Waals surface area contributed by atoms with E-state index in [9.17, 15) is 10.1 Å². The van der Waals surface area contributed by atoms with Crippen LogP contribution in [0.25, 0.3) is 0 Å². The van der Waals surface area contributed by atoms with E-state index < -0.39 is 5.92 Å². The van der Waals surface area contributed by atoms with Crippen LogP contribution in [0.4, 0.5) is 0 Å². The maximum atomic E-state index is 14.0. The summed E-state index contributed by atoms with van der Waals surface area (Å²) in [7, 11) is 3.07. The molecule has 0 bridgehead atoms. The van der Waals surface area contributed by atoms with Crippen LogP contribution < -0.4 is 35.0 Å². The minimum absolute atomic E-state index is 0.0535. The van der Waals surface area contributed by atoms with Gasteiger partial charge in [-0.1, -0.05) is 6.07 Å². The molecular formula is C26H23N3O6. The van der Waals surface area contributed by atoms with Crippen molar-refractivity contribution in [2.45, 2.75) is 19.4 Å². The summed E-state index contributed by atoms with van der Waals surface area (Å²) in [6, 6.07) is 14.7. The molecule has 3 heterocycles. The first-order valence-corrected chi connectivity index (χ1v) is 10.9. The molecule has 0 radical (unpaired) electrons. The molecule has 0 aliphatic carbocycles. The standard InChI is InChI=1S/C26H23N3O6/c1-14-8-22-24(26(30)29(14)12-15-4-6-20-21(9-15)34-13-33-20)23(18(11-27)25(28)35-22)17-10-16(31-2)5-7-19(17)32-3/h4-10,23H,12-13,28H2,1-3H3/t23-/m0/s1. The first-order valence-electron chi connectivity index (χ1n) is 10.9. The van der Waals surface area contributed by atoms with E-state index in [0.29, 0.717) is 45.6 Å². The molecule has 2 aromatic carbocycles. The molecule has 9 heteroatoms. The van der Waals surface area contributed by atoms with E-state index in [-0.39, 0.29) is 30.4 Å². The lowest BCUT2D eigenvalue weighted by Crippen LogP contribution is -2.33. The number of pyridine rings is 1. The minimum Gasteiger partial charge on any atom is -0.497 e. The second-order valence-corrected chi connectivity index (χ2v) is 8.18. The molecule has 0 amide bonds. The molecule has 5 rings (SSSR count). The van der Waals surface area contributed by atoms with Crippen LogP contribution in [0.1, 0.15) is 28.3 Å². The fourth-order valence-corrected chi connectivity index (χ4v) is 4.48. The van der Waals surface area contributed by atoms with Crippen molar-refractivity contribution in [1.82, 2.24) is 4.57 Å². The number of fused-ring (bicyclic) bond motifs is 2. The molecule has 0 saturated heterocycles. The van der Waals surface area contributed by atoms with E-state index in [1.165, 1.54) is 7.11 Å². The van der Waals surface area contributed by atoms with Gasteiger partial charge in [-0.2, -0.15) is 5.26 Å². The van der Waals surface area contributed by atoms with Gasteiger partial charge >= 0.3 is 0 Å². The van der Waals surface area contributed by atoms with Gasteiger partial charge in [0, 0.05) is 17.3 Å². The third-order valence-corrected chi connectivity index (χ3v) is 6.22. The fourth-order valence-electron chi connectivity index (χ4n) is 4.48. The average molecular weight is 473 g/mol. The summed E-state index contributed by atoms with van der Waals surface area (Å²) < 4.78 is 29.2. The van der Waals surface area contributed by atoms with Crippen LogP contribution >= 0.6 is 0 Å². The largest absolute Gasteiger partial charge is 0.497 e. The molecule has 0 saturated carbocycles. The average Bonchev–Trinajstić information content (AvgIpc) is 3.33. The topological polar surface area (TPSA) is 118 Å². The molecule has 0 spiro atoms. The lowest BCUT2D eigenvalue weighted by molar-refractivity contribution is 0.174. The quantitative estimate of drug-likeness (QED) is 0.600. The van der Waals surface area contributed by atoms with Crippen LogP contribution in [0.15, 0.2) is 58.7 Å². The molecule has 35 heavy (non-hydrogen) atoms. The van der Waals surface area contributed by atoms with Crippen LogP contribution in [0, 0.1) is 18.3 Å². The Balaban J connectivity index is 1.69. The van der Waals surface area contributed by atoms with Gasteiger partial charge in [-0.3, -0.25) is 4.79 Å². The first kappa shape index (κ1) is 22.2. The van der Waals surface area contributed by atoms with Gasteiger partial charge < -0.3 is 34.0 Å². The Kier molecular flexibility index (Phi) is 5.49. The van der Waals surface area contributed by atoms with Crippen molar-refractivity contribution in [1.29, 1.82) is 5.26 Å². The van der Waals surface area contributed by atoms with Crippen LogP contribution in [-0.2, 0) is 6.54 Å². The zero-order chi connectivity index (χ0) is 24.7. The highest BCUT2D eigenvalue weighted by Crippen LogP contribution is 2.44. The van der Waals surface area contributed by atoms with Gasteiger partial charge in [0.25, 0.3) is 5.56 Å². The molecule has 0 unspecified atom stereocenters. The molecule has 1 atom stereocenters. The number of aromatic nitrogens is 1. The number of hydrogen-bond donors (Lipinski definition) is 1. The maximum Gasteiger partial charge on any atom is 0.259 e. The van der Waals surface area contributed by atoms with E-state index in [0.717, 1.165) is 5.56 Å². The number of rotatable bonds is 5. The van der Waals surface area contributed by atoms with Crippen molar-refractivity contribution in [3.63, 3.8) is 0 Å². The number of ether oxygens (including phenoxy) is 5. The molecular weight excluding hydrogens is 450 g/mol. The Hall–Kier alpha value is -4.58. The second-order valence-electron chi connectivity index (χ2n) is 8.18. The first-order chi connectivity index (χ1) is 16.9. The Morgan fingerprint density at radius 3 is 2.63 bits per heavy atom. The monoisotopic (exact) mass is 473 g/mol. The third kappa shape index (κ3) is 3.69. The van der Waals surface area contributed by atoms with Crippen molar-refractivity contribution in [2.75, 3.05) is 21.0 Å². The normalized spacial score (nSPS) is 15.8. The lowest BCUT2D eigenvalue weighted by Gasteiger charge is -2.28. The third-order valence-electron chi connectivity index (χ3n) is 6.22. The summed E-state index contributed by atoms with van der Waals surface area (Å²) in [5, 5.41) is 9.97. The van der Waals surface area contributed by atoms with Gasteiger partial charge in [-0.25, -0.2) is 0 Å². The Morgan fingerprint density at radius 1 is 1.09 bits per heavy atom. The SMILES string of the molecule is COc1ccc(OC)c([C@H]2C(C#N)=C(N)Oc3cc(C)n(Cc4ccc5c(c4)OCO5)c(=O)c32)c1. The number of nitrogens with two attached hydrogens (primary N) is 1. The van der Waals surface area contributed by atoms with Crippen LogP contribution in [0.3, 0.4) is 0 Å². The zero-order valence-electron chi connectivity index (χ0n) is 19.5. The highest BCUT2D eigenvalue weighted by molar-refractivity contribution is 5.59. The smallest absolute Gasteiger partial charge is 0.259 e. The van der Waals surface area contributed by atoms with E-state index in [1.807, 2.05) is 25.1 Å². The summed E-state index contributed by atoms with van der Waals surface area (Å²) in [6.45, 7) is 2.28. The van der Waals surface area contributed by atoms with Gasteiger partial charge in [0.1, 0.15) is 28.9 Å². The van der Waals surface area contributed by atoms with Crippen molar-refractivity contribution < 1.29 is 23.7 Å². The number of benzene rings is 2. The molecule has 2 aliphatic heterocycles. The van der Waals surface area contributed by atoms with Gasteiger partial charge in [0.15, 0.2) is 11.5 Å². The van der Waals surface area contributed by atoms with Crippen LogP contribution in [-0.4, -0.2) is 25.6 Å². The Labute approximate surface area is 201 Å². The van der Waals surface area contributed by atoms with Crippen LogP contribution in [0.2, 0.25) is 0 Å². The number of methoxy groups -OCH3 is 2. The Bertz CT molecular complexity index is 1470. The number of aryl methyl sites for hydroxylation is 1. The number of nitriles is 1. The van der Waals surface area contributed by atoms with E-state index in [1.54, 1.807) is 35.9 Å². The van der Waals surface area contributed by atoms with Crippen LogP contribution in [0.5, 0.6) is 28.7 Å². The molecule has 2 N–H and O–H groups in total.